The minimum absolute atomic E-state index is 0. The van der Waals surface area contributed by atoms with Crippen molar-refractivity contribution in [2.75, 3.05) is 31.1 Å². The highest BCUT2D eigenvalue weighted by Crippen LogP contribution is 2.34. The molecule has 0 aliphatic carbocycles. The summed E-state index contributed by atoms with van der Waals surface area (Å²) < 4.78 is 5.62. The zero-order valence-electron chi connectivity index (χ0n) is 14.7. The normalized spacial score (nSPS) is 25.2. The van der Waals surface area contributed by atoms with Crippen molar-refractivity contribution in [2.24, 2.45) is 11.1 Å². The van der Waals surface area contributed by atoms with Crippen LogP contribution in [0.25, 0.3) is 0 Å². The second-order valence-corrected chi connectivity index (χ2v) is 7.05. The van der Waals surface area contributed by atoms with Crippen molar-refractivity contribution in [1.29, 1.82) is 0 Å². The van der Waals surface area contributed by atoms with Crippen molar-refractivity contribution >= 4 is 29.9 Å². The summed E-state index contributed by atoms with van der Waals surface area (Å²) in [5.41, 5.74) is 6.56. The molecule has 25 heavy (non-hydrogen) atoms. The van der Waals surface area contributed by atoms with Crippen molar-refractivity contribution in [2.45, 2.75) is 32.8 Å². The lowest BCUT2D eigenvalue weighted by Crippen LogP contribution is -2.46. The molecule has 0 spiro atoms. The molecule has 2 N–H and O–H groups in total. The van der Waals surface area contributed by atoms with Gasteiger partial charge in [0.15, 0.2) is 6.10 Å². The van der Waals surface area contributed by atoms with E-state index < -0.39 is 6.10 Å². The first-order valence-corrected chi connectivity index (χ1v) is 8.48. The van der Waals surface area contributed by atoms with Crippen LogP contribution in [0.4, 0.5) is 5.69 Å². The van der Waals surface area contributed by atoms with Crippen LogP contribution in [0, 0.1) is 5.41 Å². The highest BCUT2D eigenvalue weighted by atomic mass is 35.5. The Bertz CT molecular complexity index is 654. The Morgan fingerprint density at radius 2 is 2.12 bits per heavy atom. The summed E-state index contributed by atoms with van der Waals surface area (Å²) in [7, 11) is 0. The zero-order chi connectivity index (χ0) is 17.3. The van der Waals surface area contributed by atoms with Crippen molar-refractivity contribution in [3.05, 3.63) is 24.3 Å². The Hall–Kier alpha value is -1.79. The fourth-order valence-corrected chi connectivity index (χ4v) is 3.36. The Balaban J connectivity index is 0.00000225. The third kappa shape index (κ3) is 3.90. The molecule has 7 heteroatoms. The van der Waals surface area contributed by atoms with Crippen LogP contribution in [-0.4, -0.2) is 49.0 Å². The molecule has 6 nitrogen and oxygen atoms in total. The van der Waals surface area contributed by atoms with E-state index in [2.05, 4.69) is 6.92 Å². The summed E-state index contributed by atoms with van der Waals surface area (Å²) in [5.74, 6) is 0.667. The van der Waals surface area contributed by atoms with Crippen LogP contribution in [-0.2, 0) is 9.59 Å². The number of para-hydroxylation sites is 2. The summed E-state index contributed by atoms with van der Waals surface area (Å²) in [6, 6.07) is 7.45. The standard InChI is InChI=1S/C18H25N3O3.ClH/c1-13-17(23)21(14-5-3-4-6-15(14)24-13)9-7-16(22)20-10-8-18(2,11-19)12-20;/h3-6,13H,7-12,19H2,1-2H3;1H. The Morgan fingerprint density at radius 1 is 1.40 bits per heavy atom. The first kappa shape index (κ1) is 19.5. The first-order valence-electron chi connectivity index (χ1n) is 8.48. The van der Waals surface area contributed by atoms with Crippen LogP contribution in [0.5, 0.6) is 5.75 Å². The van der Waals surface area contributed by atoms with Gasteiger partial charge >= 0.3 is 0 Å². The number of likely N-dealkylation sites (tertiary alicyclic amines) is 1. The zero-order valence-corrected chi connectivity index (χ0v) is 15.6. The van der Waals surface area contributed by atoms with Crippen LogP contribution in [0.2, 0.25) is 0 Å². The third-order valence-corrected chi connectivity index (χ3v) is 5.03. The summed E-state index contributed by atoms with van der Waals surface area (Å²) in [5, 5.41) is 0. The molecule has 2 aliphatic heterocycles. The fourth-order valence-electron chi connectivity index (χ4n) is 3.36. The third-order valence-electron chi connectivity index (χ3n) is 5.03. The number of nitrogens with zero attached hydrogens (tertiary/aromatic N) is 2. The number of ether oxygens (including phenoxy) is 1. The van der Waals surface area contributed by atoms with Gasteiger partial charge in [0.25, 0.3) is 5.91 Å². The Kier molecular flexibility index (Phi) is 5.95. The lowest BCUT2D eigenvalue weighted by Gasteiger charge is -2.33. The molecule has 2 heterocycles. The number of amides is 2. The van der Waals surface area contributed by atoms with E-state index in [-0.39, 0.29) is 29.6 Å². The van der Waals surface area contributed by atoms with Crippen LogP contribution in [0.3, 0.4) is 0 Å². The van der Waals surface area contributed by atoms with E-state index in [4.69, 9.17) is 10.5 Å². The molecule has 0 bridgehead atoms. The molecule has 2 amide bonds. The number of halogens is 1. The second kappa shape index (κ2) is 7.62. The van der Waals surface area contributed by atoms with E-state index in [0.29, 0.717) is 31.8 Å². The van der Waals surface area contributed by atoms with E-state index in [1.807, 2.05) is 29.2 Å². The minimum atomic E-state index is -0.526. The second-order valence-electron chi connectivity index (χ2n) is 7.05. The largest absolute Gasteiger partial charge is 0.479 e. The smallest absolute Gasteiger partial charge is 0.267 e. The van der Waals surface area contributed by atoms with Gasteiger partial charge in [0, 0.05) is 26.1 Å². The Labute approximate surface area is 154 Å². The highest BCUT2D eigenvalue weighted by molar-refractivity contribution is 6.00. The molecule has 2 aliphatic rings. The predicted molar refractivity (Wildman–Crippen MR) is 99.1 cm³/mol. The maximum atomic E-state index is 12.5. The van der Waals surface area contributed by atoms with Gasteiger partial charge in [-0.2, -0.15) is 0 Å². The molecule has 3 rings (SSSR count). The molecule has 0 aromatic heterocycles. The van der Waals surface area contributed by atoms with E-state index in [1.54, 1.807) is 11.8 Å². The summed E-state index contributed by atoms with van der Waals surface area (Å²) >= 11 is 0. The van der Waals surface area contributed by atoms with Gasteiger partial charge < -0.3 is 20.3 Å². The molecule has 138 valence electrons. The summed E-state index contributed by atoms with van der Waals surface area (Å²) in [6.07, 6.45) is 0.723. The monoisotopic (exact) mass is 367 g/mol. The van der Waals surface area contributed by atoms with Gasteiger partial charge in [0.1, 0.15) is 5.75 Å². The van der Waals surface area contributed by atoms with Gasteiger partial charge in [-0.1, -0.05) is 19.1 Å². The van der Waals surface area contributed by atoms with E-state index in [1.165, 1.54) is 0 Å². The van der Waals surface area contributed by atoms with Crippen LogP contribution in [0.15, 0.2) is 24.3 Å². The number of nitrogens with two attached hydrogens (primary N) is 1. The van der Waals surface area contributed by atoms with Crippen molar-refractivity contribution in [3.63, 3.8) is 0 Å². The molecular formula is C18H26ClN3O3. The van der Waals surface area contributed by atoms with Gasteiger partial charge in [-0.15, -0.1) is 12.4 Å². The van der Waals surface area contributed by atoms with Crippen molar-refractivity contribution < 1.29 is 14.3 Å². The van der Waals surface area contributed by atoms with Crippen LogP contribution in [0.1, 0.15) is 26.7 Å². The average molecular weight is 368 g/mol. The van der Waals surface area contributed by atoms with Crippen molar-refractivity contribution in [1.82, 2.24) is 4.90 Å². The molecule has 2 unspecified atom stereocenters. The number of benzene rings is 1. The summed E-state index contributed by atoms with van der Waals surface area (Å²) in [4.78, 5) is 28.5. The van der Waals surface area contributed by atoms with Gasteiger partial charge in [0.05, 0.1) is 5.69 Å². The maximum Gasteiger partial charge on any atom is 0.267 e. The molecule has 2 atom stereocenters. The quantitative estimate of drug-likeness (QED) is 0.880. The molecular weight excluding hydrogens is 342 g/mol. The molecule has 1 aromatic carbocycles. The lowest BCUT2D eigenvalue weighted by molar-refractivity contribution is -0.130. The van der Waals surface area contributed by atoms with Gasteiger partial charge in [-0.05, 0) is 37.4 Å². The van der Waals surface area contributed by atoms with E-state index >= 15 is 0 Å². The average Bonchev–Trinajstić information content (AvgIpc) is 2.98. The predicted octanol–water partition coefficient (Wildman–Crippen LogP) is 1.81. The number of carbonyl (C=O) groups is 2. The molecule has 0 saturated carbocycles. The highest BCUT2D eigenvalue weighted by Gasteiger charge is 2.36. The molecule has 1 fully saturated rings. The topological polar surface area (TPSA) is 75.9 Å². The SMILES string of the molecule is CC1Oc2ccccc2N(CCC(=O)N2CCC(C)(CN)C2)C1=O.Cl. The fraction of sp³-hybridized carbons (Fsp3) is 0.556. The van der Waals surface area contributed by atoms with Crippen LogP contribution < -0.4 is 15.4 Å². The first-order chi connectivity index (χ1) is 11.4. The molecule has 1 aromatic rings. The summed E-state index contributed by atoms with van der Waals surface area (Å²) in [6.45, 7) is 6.26. The van der Waals surface area contributed by atoms with E-state index in [9.17, 15) is 9.59 Å². The number of hydrogen-bond donors (Lipinski definition) is 1. The van der Waals surface area contributed by atoms with Gasteiger partial charge in [0.2, 0.25) is 5.91 Å². The maximum absolute atomic E-state index is 12.5. The number of carbonyl (C=O) groups excluding carboxylic acids is 2. The Morgan fingerprint density at radius 3 is 2.80 bits per heavy atom. The van der Waals surface area contributed by atoms with Crippen LogP contribution >= 0.6 is 12.4 Å². The number of hydrogen-bond acceptors (Lipinski definition) is 4. The lowest BCUT2D eigenvalue weighted by atomic mass is 9.90. The molecule has 0 radical (unpaired) electrons. The number of anilines is 1. The number of rotatable bonds is 4. The van der Waals surface area contributed by atoms with Crippen molar-refractivity contribution in [3.8, 4) is 5.75 Å². The minimum Gasteiger partial charge on any atom is -0.479 e. The van der Waals surface area contributed by atoms with Gasteiger partial charge in [-0.25, -0.2) is 0 Å². The van der Waals surface area contributed by atoms with E-state index in [0.717, 1.165) is 18.7 Å². The van der Waals surface area contributed by atoms with Gasteiger partial charge in [-0.3, -0.25) is 9.59 Å². The molecule has 1 saturated heterocycles. The number of fused-ring (bicyclic) bond motifs is 1.